The molecule has 39 heavy (non-hydrogen) atoms. The zero-order valence-corrected chi connectivity index (χ0v) is 23.9. The summed E-state index contributed by atoms with van der Waals surface area (Å²) in [5.41, 5.74) is 3.77. The van der Waals surface area contributed by atoms with E-state index in [0.29, 0.717) is 6.16 Å². The van der Waals surface area contributed by atoms with Gasteiger partial charge in [0.1, 0.15) is 0 Å². The molecule has 3 aromatic rings. The maximum atomic E-state index is 11.6. The summed E-state index contributed by atoms with van der Waals surface area (Å²) in [6.07, 6.45) is 0.717. The van der Waals surface area contributed by atoms with Gasteiger partial charge in [0.25, 0.3) is 30.4 Å². The number of benzene rings is 3. The van der Waals surface area contributed by atoms with E-state index in [4.69, 9.17) is 0 Å². The fraction of sp³-hybridized carbons (Fsp3) is 0.154. The predicted octanol–water partition coefficient (Wildman–Crippen LogP) is 5.24. The van der Waals surface area contributed by atoms with E-state index in [1.54, 1.807) is 36.4 Å². The zero-order chi connectivity index (χ0) is 28.5. The fourth-order valence-corrected chi connectivity index (χ4v) is 10.5. The maximum absolute atomic E-state index is 11.6. The Morgan fingerprint density at radius 1 is 0.590 bits per heavy atom. The van der Waals surface area contributed by atoms with Gasteiger partial charge in [-0.05, 0) is 90.3 Å². The third-order valence-electron chi connectivity index (χ3n) is 7.28. The van der Waals surface area contributed by atoms with Crippen molar-refractivity contribution in [1.82, 2.24) is 0 Å². The van der Waals surface area contributed by atoms with E-state index in [1.165, 1.54) is 36.4 Å². The zero-order valence-electron chi connectivity index (χ0n) is 20.6. The first-order chi connectivity index (χ1) is 18.0. The Morgan fingerprint density at radius 2 is 0.923 bits per heavy atom. The van der Waals surface area contributed by atoms with Crippen LogP contribution < -0.4 is 0 Å². The van der Waals surface area contributed by atoms with Crippen molar-refractivity contribution >= 4 is 54.5 Å². The average molecular weight is 607 g/mol. The molecular formula is C26H23O9PS3. The summed E-state index contributed by atoms with van der Waals surface area (Å²) in [7, 11) is -14.2. The molecule has 9 nitrogen and oxygen atoms in total. The van der Waals surface area contributed by atoms with Crippen LogP contribution in [0.25, 0.3) is 16.2 Å². The highest BCUT2D eigenvalue weighted by atomic mass is 32.2. The van der Waals surface area contributed by atoms with Gasteiger partial charge >= 0.3 is 0 Å². The van der Waals surface area contributed by atoms with Crippen molar-refractivity contribution < 1.29 is 38.9 Å². The molecule has 2 atom stereocenters. The minimum Gasteiger partial charge on any atom is -0.282 e. The highest BCUT2D eigenvalue weighted by Gasteiger charge is 2.52. The smallest absolute Gasteiger partial charge is 0.282 e. The van der Waals surface area contributed by atoms with E-state index in [9.17, 15) is 38.9 Å². The molecule has 2 unspecified atom stereocenters. The first kappa shape index (κ1) is 27.9. The van der Waals surface area contributed by atoms with Crippen molar-refractivity contribution in [3.63, 3.8) is 0 Å². The van der Waals surface area contributed by atoms with Crippen LogP contribution in [0.15, 0.2) is 93.1 Å². The van der Waals surface area contributed by atoms with Crippen LogP contribution in [0.2, 0.25) is 0 Å². The summed E-state index contributed by atoms with van der Waals surface area (Å²) in [4.78, 5) is -0.708. The summed E-state index contributed by atoms with van der Waals surface area (Å²) in [6, 6.07) is 17.8. The highest BCUT2D eigenvalue weighted by molar-refractivity contribution is 7.86. The van der Waals surface area contributed by atoms with Crippen molar-refractivity contribution in [2.75, 3.05) is 6.16 Å². The number of hydrogen-bond donors (Lipinski definition) is 3. The molecule has 0 fully saturated rings. The Hall–Kier alpha value is -2.70. The van der Waals surface area contributed by atoms with Crippen molar-refractivity contribution in [2.24, 2.45) is 5.41 Å². The number of hydrogen-bond acceptors (Lipinski definition) is 6. The molecule has 0 radical (unpaired) electrons. The van der Waals surface area contributed by atoms with E-state index in [-0.39, 0.29) is 14.7 Å². The van der Waals surface area contributed by atoms with E-state index < -0.39 is 43.7 Å². The molecule has 0 aromatic heterocycles. The molecule has 0 aliphatic carbocycles. The van der Waals surface area contributed by atoms with Crippen LogP contribution in [0.1, 0.15) is 30.5 Å². The van der Waals surface area contributed by atoms with Crippen LogP contribution in [0.3, 0.4) is 0 Å². The van der Waals surface area contributed by atoms with E-state index >= 15 is 0 Å². The summed E-state index contributed by atoms with van der Waals surface area (Å²) in [6.45, 7) is 4.07. The van der Waals surface area contributed by atoms with E-state index in [1.807, 2.05) is 6.92 Å². The summed E-state index contributed by atoms with van der Waals surface area (Å²) in [5.74, 6) is 0. The van der Waals surface area contributed by atoms with Gasteiger partial charge in [0.15, 0.2) is 0 Å². The van der Waals surface area contributed by atoms with Gasteiger partial charge in [-0.25, -0.2) is 0 Å². The van der Waals surface area contributed by atoms with Crippen LogP contribution in [0.4, 0.5) is 0 Å². The highest BCUT2D eigenvalue weighted by Crippen LogP contribution is 2.80. The Morgan fingerprint density at radius 3 is 1.28 bits per heavy atom. The van der Waals surface area contributed by atoms with Crippen LogP contribution in [0, 0.1) is 5.41 Å². The lowest BCUT2D eigenvalue weighted by Crippen LogP contribution is -2.18. The molecule has 3 aromatic carbocycles. The SMILES string of the molecule is CC1=C(c2ccc(S(=O)(=O)O)cc2)P2CC1(C)C(c1ccc(S(=O)(=O)O)cc1)=C2c1ccc(S(=O)(=O)O)cc1. The van der Waals surface area contributed by atoms with E-state index in [2.05, 4.69) is 6.92 Å². The Labute approximate surface area is 227 Å². The summed E-state index contributed by atoms with van der Waals surface area (Å²) < 4.78 is 97.9. The molecule has 13 heteroatoms. The standard InChI is InChI=1S/C26H23O9PS3/c1-16-24(18-5-11-21(12-6-18)38(30,31)32)36-15-26(16,2)23(17-3-9-20(10-4-17)37(27,28)29)25(36)19-7-13-22(14-8-19)39(33,34)35/h3-14H,15H2,1-2H3,(H,27,28,29)(H,30,31,32)(H,33,34,35). The fourth-order valence-electron chi connectivity index (χ4n) is 5.32. The third-order valence-corrected chi connectivity index (χ3v) is 13.0. The van der Waals surface area contributed by atoms with Crippen LogP contribution in [0.5, 0.6) is 0 Å². The largest absolute Gasteiger partial charge is 0.294 e. The first-order valence-electron chi connectivity index (χ1n) is 11.5. The normalized spacial score (nSPS) is 21.6. The lowest BCUT2D eigenvalue weighted by atomic mass is 9.73. The number of fused-ring (bicyclic) bond motifs is 2. The van der Waals surface area contributed by atoms with Gasteiger partial charge in [0, 0.05) is 5.41 Å². The number of rotatable bonds is 6. The van der Waals surface area contributed by atoms with Gasteiger partial charge in [-0.3, -0.25) is 13.7 Å². The predicted molar refractivity (Wildman–Crippen MR) is 148 cm³/mol. The van der Waals surface area contributed by atoms with Crippen molar-refractivity contribution in [3.05, 3.63) is 95.1 Å². The molecular weight excluding hydrogens is 583 g/mol. The molecule has 0 amide bonds. The minimum absolute atomic E-state index is 0.220. The third kappa shape index (κ3) is 4.80. The Bertz CT molecular complexity index is 1890. The van der Waals surface area contributed by atoms with Crippen molar-refractivity contribution in [2.45, 2.75) is 28.5 Å². The van der Waals surface area contributed by atoms with Gasteiger partial charge in [0.2, 0.25) is 0 Å². The Kier molecular flexibility index (Phi) is 6.55. The van der Waals surface area contributed by atoms with Crippen LogP contribution >= 0.6 is 7.92 Å². The van der Waals surface area contributed by atoms with Crippen molar-refractivity contribution in [3.8, 4) is 0 Å². The van der Waals surface area contributed by atoms with Crippen LogP contribution in [-0.2, 0) is 30.4 Å². The molecule has 2 aliphatic heterocycles. The van der Waals surface area contributed by atoms with Gasteiger partial charge in [-0.15, -0.1) is 0 Å². The minimum atomic E-state index is -4.40. The molecule has 2 bridgehead atoms. The van der Waals surface area contributed by atoms with Gasteiger partial charge in [-0.2, -0.15) is 25.3 Å². The second kappa shape index (κ2) is 9.17. The molecule has 204 valence electrons. The molecule has 2 heterocycles. The second-order valence-electron chi connectivity index (χ2n) is 9.61. The lowest BCUT2D eigenvalue weighted by Gasteiger charge is -2.31. The first-order valence-corrected chi connectivity index (χ1v) is 17.3. The van der Waals surface area contributed by atoms with Gasteiger partial charge in [-0.1, -0.05) is 48.9 Å². The monoisotopic (exact) mass is 606 g/mol. The molecule has 2 aliphatic rings. The topological polar surface area (TPSA) is 163 Å². The summed E-state index contributed by atoms with van der Waals surface area (Å²) in [5, 5.41) is 1.97. The molecule has 0 saturated carbocycles. The maximum Gasteiger partial charge on any atom is 0.294 e. The molecule has 0 saturated heterocycles. The van der Waals surface area contributed by atoms with Crippen molar-refractivity contribution in [1.29, 1.82) is 0 Å². The van der Waals surface area contributed by atoms with Crippen LogP contribution in [-0.4, -0.2) is 45.1 Å². The molecule has 0 spiro atoms. The Balaban J connectivity index is 1.71. The van der Waals surface area contributed by atoms with Gasteiger partial charge in [0.05, 0.1) is 14.7 Å². The summed E-state index contributed by atoms with van der Waals surface area (Å²) >= 11 is 0. The molecule has 5 rings (SSSR count). The van der Waals surface area contributed by atoms with E-state index in [0.717, 1.165) is 38.5 Å². The lowest BCUT2D eigenvalue weighted by molar-refractivity contribution is 0.481. The number of allylic oxidation sites excluding steroid dienone is 2. The second-order valence-corrected chi connectivity index (χ2v) is 15.9. The quantitative estimate of drug-likeness (QED) is 0.251. The molecule has 3 N–H and O–H groups in total. The average Bonchev–Trinajstić information content (AvgIpc) is 3.30. The van der Waals surface area contributed by atoms with Gasteiger partial charge < -0.3 is 0 Å².